The molecule has 2 amide bonds. The van der Waals surface area contributed by atoms with E-state index in [1.807, 2.05) is 66.4 Å². The minimum absolute atomic E-state index is 0.00968. The number of para-hydroxylation sites is 2. The number of amides is 2. The number of nitrogens with one attached hydrogen (secondary N) is 2. The summed E-state index contributed by atoms with van der Waals surface area (Å²) < 4.78 is 28.4. The Morgan fingerprint density at radius 1 is 0.841 bits per heavy atom. The molecule has 44 heavy (non-hydrogen) atoms. The molecule has 1 saturated heterocycles. The van der Waals surface area contributed by atoms with Gasteiger partial charge in [0, 0.05) is 43.1 Å². The normalized spacial score (nSPS) is 13.7. The maximum absolute atomic E-state index is 13.6. The first kappa shape index (κ1) is 29.5. The molecule has 1 aliphatic rings. The number of anilines is 2. The molecule has 9 nitrogen and oxygen atoms in total. The summed E-state index contributed by atoms with van der Waals surface area (Å²) in [6.07, 6.45) is 0. The van der Waals surface area contributed by atoms with Gasteiger partial charge in [0.15, 0.2) is 11.0 Å². The number of hydrogen-bond donors (Lipinski definition) is 2. The van der Waals surface area contributed by atoms with Crippen LogP contribution in [-0.4, -0.2) is 62.0 Å². The number of aromatic nitrogens is 2. The molecule has 2 N–H and O–H groups in total. The second-order valence-electron chi connectivity index (χ2n) is 10.5. The van der Waals surface area contributed by atoms with E-state index in [4.69, 9.17) is 0 Å². The number of aryl methyl sites for hydroxylation is 1. The summed E-state index contributed by atoms with van der Waals surface area (Å²) in [7, 11) is -3.89. The molecular weight excluding hydrogens is 595 g/mol. The Labute approximate surface area is 260 Å². The van der Waals surface area contributed by atoms with E-state index in [-0.39, 0.29) is 22.5 Å². The highest BCUT2D eigenvalue weighted by molar-refractivity contribution is 8.00. The largest absolute Gasteiger partial charge is 0.368 e. The van der Waals surface area contributed by atoms with E-state index in [9.17, 15) is 18.0 Å². The lowest BCUT2D eigenvalue weighted by Gasteiger charge is -2.36. The molecule has 224 valence electrons. The van der Waals surface area contributed by atoms with Crippen molar-refractivity contribution in [3.8, 4) is 0 Å². The van der Waals surface area contributed by atoms with Crippen LogP contribution in [0.4, 0.5) is 11.4 Å². The van der Waals surface area contributed by atoms with Crippen molar-refractivity contribution in [2.75, 3.05) is 42.1 Å². The Bertz CT molecular complexity index is 1920. The number of benzene rings is 4. The fourth-order valence-electron chi connectivity index (χ4n) is 5.30. The molecule has 0 saturated carbocycles. The van der Waals surface area contributed by atoms with Crippen molar-refractivity contribution in [2.45, 2.75) is 17.0 Å². The zero-order valence-corrected chi connectivity index (χ0v) is 25.8. The number of imidazole rings is 1. The van der Waals surface area contributed by atoms with Crippen molar-refractivity contribution >= 4 is 56.0 Å². The van der Waals surface area contributed by atoms with Crippen LogP contribution in [0.2, 0.25) is 0 Å². The van der Waals surface area contributed by atoms with Gasteiger partial charge >= 0.3 is 15.2 Å². The molecule has 1 aromatic heterocycles. The molecule has 1 fully saturated rings. The van der Waals surface area contributed by atoms with Gasteiger partial charge in [-0.25, -0.2) is 4.98 Å². The number of hydrogen-bond acceptors (Lipinski definition) is 6. The van der Waals surface area contributed by atoms with E-state index in [0.717, 1.165) is 41.7 Å². The minimum Gasteiger partial charge on any atom is -0.368 e. The first-order valence-electron chi connectivity index (χ1n) is 14.3. The fraction of sp³-hybridized carbons (Fsp3) is 0.182. The Morgan fingerprint density at radius 3 is 2.23 bits per heavy atom. The van der Waals surface area contributed by atoms with E-state index in [0.29, 0.717) is 35.0 Å². The van der Waals surface area contributed by atoms with Gasteiger partial charge in [0.2, 0.25) is 5.91 Å². The standard InChI is InChI=1S/C33H31N5O4S2/c1-24-9-5-6-12-28(24)32(40)37-21-19-36(20-22-37)26-17-15-25(16-18-26)34-31(39)23-43-33-35-29-13-7-8-14-30(29)38(33)44(41,42)27-10-3-2-4-11-27/h2-18H,19-23H2,1H3,(H,34,39)/p+1. The second-order valence-corrected chi connectivity index (χ2v) is 13.3. The summed E-state index contributed by atoms with van der Waals surface area (Å²) in [5.41, 5.74) is 4.56. The predicted octanol–water partition coefficient (Wildman–Crippen LogP) is 4.69. The van der Waals surface area contributed by atoms with E-state index >= 15 is 0 Å². The fourth-order valence-corrected chi connectivity index (χ4v) is 7.88. The van der Waals surface area contributed by atoms with Gasteiger partial charge in [0.05, 0.1) is 5.75 Å². The van der Waals surface area contributed by atoms with Crippen LogP contribution in [0.1, 0.15) is 15.9 Å². The van der Waals surface area contributed by atoms with Crippen molar-refractivity contribution in [2.24, 2.45) is 0 Å². The van der Waals surface area contributed by atoms with Crippen LogP contribution in [0.3, 0.4) is 0 Å². The number of carbonyl (C=O) groups excluding carboxylic acids is 2. The third-order valence-corrected chi connectivity index (χ3v) is 10.4. The van der Waals surface area contributed by atoms with Gasteiger partial charge < -0.3 is 15.1 Å². The molecule has 0 atom stereocenters. The number of H-pyrrole nitrogens is 1. The monoisotopic (exact) mass is 626 g/mol. The molecule has 0 spiro atoms. The zero-order chi connectivity index (χ0) is 30.7. The average molecular weight is 627 g/mol. The van der Waals surface area contributed by atoms with Crippen molar-refractivity contribution in [3.63, 3.8) is 0 Å². The summed E-state index contributed by atoms with van der Waals surface area (Å²) in [5.74, 6) is -0.182. The Balaban J connectivity index is 1.08. The first-order valence-corrected chi connectivity index (χ1v) is 16.7. The molecule has 2 heterocycles. The van der Waals surface area contributed by atoms with E-state index in [1.165, 1.54) is 3.97 Å². The van der Waals surface area contributed by atoms with Gasteiger partial charge in [0.25, 0.3) is 5.91 Å². The van der Waals surface area contributed by atoms with Crippen LogP contribution in [-0.2, 0) is 14.8 Å². The first-order chi connectivity index (χ1) is 21.3. The number of carbonyl (C=O) groups is 2. The second kappa shape index (κ2) is 12.6. The maximum Gasteiger partial charge on any atom is 0.336 e. The lowest BCUT2D eigenvalue weighted by Crippen LogP contribution is -2.48. The quantitative estimate of drug-likeness (QED) is 0.191. The Kier molecular flexibility index (Phi) is 8.40. The third-order valence-electron chi connectivity index (χ3n) is 7.63. The van der Waals surface area contributed by atoms with Crippen LogP contribution >= 0.6 is 11.8 Å². The smallest absolute Gasteiger partial charge is 0.336 e. The van der Waals surface area contributed by atoms with Gasteiger partial charge in [0.1, 0.15) is 4.90 Å². The summed E-state index contributed by atoms with van der Waals surface area (Å²) in [5, 5.41) is 3.26. The number of nitrogens with zero attached hydrogens (tertiary/aromatic N) is 3. The van der Waals surface area contributed by atoms with Crippen LogP contribution in [0.25, 0.3) is 11.0 Å². The van der Waals surface area contributed by atoms with Crippen molar-refractivity contribution < 1.29 is 22.0 Å². The molecule has 0 unspecified atom stereocenters. The average Bonchev–Trinajstić information content (AvgIpc) is 3.44. The molecule has 11 heteroatoms. The number of fused-ring (bicyclic) bond motifs is 1. The third kappa shape index (κ3) is 6.06. The lowest BCUT2D eigenvalue weighted by atomic mass is 10.1. The van der Waals surface area contributed by atoms with Crippen LogP contribution in [0.5, 0.6) is 0 Å². The van der Waals surface area contributed by atoms with E-state index in [2.05, 4.69) is 15.2 Å². The van der Waals surface area contributed by atoms with Gasteiger partial charge in [-0.2, -0.15) is 8.42 Å². The summed E-state index contributed by atoms with van der Waals surface area (Å²) in [6.45, 7) is 4.66. The zero-order valence-electron chi connectivity index (χ0n) is 24.1. The van der Waals surface area contributed by atoms with E-state index < -0.39 is 10.0 Å². The number of piperazine rings is 1. The highest BCUT2D eigenvalue weighted by Crippen LogP contribution is 2.24. The molecule has 6 rings (SSSR count). The van der Waals surface area contributed by atoms with Gasteiger partial charge in [-0.05, 0) is 78.8 Å². The van der Waals surface area contributed by atoms with Crippen molar-refractivity contribution in [1.82, 2.24) is 9.88 Å². The molecular formula is C33H32N5O4S2+. The van der Waals surface area contributed by atoms with Crippen molar-refractivity contribution in [1.29, 1.82) is 0 Å². The van der Waals surface area contributed by atoms with Crippen LogP contribution in [0.15, 0.2) is 113 Å². The molecule has 1 aliphatic heterocycles. The lowest BCUT2D eigenvalue weighted by molar-refractivity contribution is -0.526. The predicted molar refractivity (Wildman–Crippen MR) is 173 cm³/mol. The number of rotatable bonds is 8. The van der Waals surface area contributed by atoms with E-state index in [1.54, 1.807) is 48.5 Å². The molecule has 0 aliphatic carbocycles. The van der Waals surface area contributed by atoms with Gasteiger partial charge in [-0.1, -0.05) is 48.5 Å². The summed E-state index contributed by atoms with van der Waals surface area (Å²) >= 11 is 1.12. The van der Waals surface area contributed by atoms with Gasteiger partial charge in [-0.3, -0.25) is 9.59 Å². The highest BCUT2D eigenvalue weighted by Gasteiger charge is 2.32. The van der Waals surface area contributed by atoms with Crippen LogP contribution < -0.4 is 14.2 Å². The Morgan fingerprint density at radius 2 is 1.50 bits per heavy atom. The summed E-state index contributed by atoms with van der Waals surface area (Å²) in [6, 6.07) is 30.7. The number of thioether (sulfide) groups is 1. The SMILES string of the molecule is Cc1ccccc1C(=O)N1CCN(c2ccc(NC(=O)CSc3[nH]c4ccccc4[n+]3S(=O)(=O)c3ccccc3)cc2)CC1. The molecule has 4 aromatic carbocycles. The molecule has 0 bridgehead atoms. The molecule has 0 radical (unpaired) electrons. The van der Waals surface area contributed by atoms with Crippen molar-refractivity contribution in [3.05, 3.63) is 114 Å². The molecule has 5 aromatic rings. The topological polar surface area (TPSA) is 106 Å². The maximum atomic E-state index is 13.6. The summed E-state index contributed by atoms with van der Waals surface area (Å²) in [4.78, 5) is 33.3. The van der Waals surface area contributed by atoms with Crippen LogP contribution in [0, 0.1) is 6.92 Å². The minimum atomic E-state index is -3.89. The highest BCUT2D eigenvalue weighted by atomic mass is 32.2. The number of aromatic amines is 1. The Hall–Kier alpha value is -4.61. The van der Waals surface area contributed by atoms with Gasteiger partial charge in [-0.15, -0.1) is 3.97 Å².